The maximum atomic E-state index is 12.7. The molecule has 1 saturated heterocycles. The minimum atomic E-state index is -0.346. The lowest BCUT2D eigenvalue weighted by Gasteiger charge is -2.22. The maximum Gasteiger partial charge on any atom is 0.291 e. The largest absolute Gasteiger partial charge is 0.459 e. The van der Waals surface area contributed by atoms with Crippen molar-refractivity contribution in [3.63, 3.8) is 0 Å². The van der Waals surface area contributed by atoms with E-state index in [1.54, 1.807) is 42.5 Å². The van der Waals surface area contributed by atoms with Crippen molar-refractivity contribution in [1.29, 1.82) is 0 Å². The van der Waals surface area contributed by atoms with Gasteiger partial charge in [-0.1, -0.05) is 11.6 Å². The molecule has 29 heavy (non-hydrogen) atoms. The van der Waals surface area contributed by atoms with Crippen molar-refractivity contribution < 1.29 is 14.0 Å². The number of benzene rings is 2. The first-order valence-electron chi connectivity index (χ1n) is 9.41. The molecular formula is C22H20ClN3O3. The van der Waals surface area contributed by atoms with E-state index in [4.69, 9.17) is 16.0 Å². The number of nitrogens with one attached hydrogen (secondary N) is 2. The third-order valence-electron chi connectivity index (χ3n) is 4.80. The summed E-state index contributed by atoms with van der Waals surface area (Å²) in [6.07, 6.45) is 3.72. The van der Waals surface area contributed by atoms with Crippen LogP contribution in [-0.4, -0.2) is 24.9 Å². The van der Waals surface area contributed by atoms with Crippen molar-refractivity contribution in [2.24, 2.45) is 0 Å². The van der Waals surface area contributed by atoms with Gasteiger partial charge in [-0.3, -0.25) is 9.59 Å². The number of nitrogens with zero attached hydrogens (tertiary/aromatic N) is 1. The second-order valence-corrected chi connectivity index (χ2v) is 7.25. The van der Waals surface area contributed by atoms with Crippen LogP contribution in [0.2, 0.25) is 5.02 Å². The Morgan fingerprint density at radius 3 is 2.38 bits per heavy atom. The molecule has 2 N–H and O–H groups in total. The summed E-state index contributed by atoms with van der Waals surface area (Å²) in [7, 11) is 0. The lowest BCUT2D eigenvalue weighted by Crippen LogP contribution is -2.21. The van der Waals surface area contributed by atoms with Gasteiger partial charge in [0, 0.05) is 29.4 Å². The Hall–Kier alpha value is -3.25. The molecule has 0 radical (unpaired) electrons. The van der Waals surface area contributed by atoms with E-state index in [1.165, 1.54) is 6.26 Å². The van der Waals surface area contributed by atoms with Gasteiger partial charge in [-0.15, -0.1) is 0 Å². The third kappa shape index (κ3) is 4.43. The van der Waals surface area contributed by atoms with Crippen molar-refractivity contribution >= 4 is 40.5 Å². The summed E-state index contributed by atoms with van der Waals surface area (Å²) in [5, 5.41) is 6.25. The highest BCUT2D eigenvalue weighted by atomic mass is 35.5. The molecule has 6 nitrogen and oxygen atoms in total. The number of carbonyl (C=O) groups is 2. The van der Waals surface area contributed by atoms with Gasteiger partial charge < -0.3 is 20.0 Å². The molecule has 0 spiro atoms. The van der Waals surface area contributed by atoms with Crippen LogP contribution in [0.5, 0.6) is 0 Å². The quantitative estimate of drug-likeness (QED) is 0.619. The molecule has 1 aromatic heterocycles. The molecule has 2 amide bonds. The lowest BCUT2D eigenvalue weighted by molar-refractivity contribution is 0.0995. The van der Waals surface area contributed by atoms with E-state index in [-0.39, 0.29) is 17.6 Å². The number of carbonyl (C=O) groups excluding carboxylic acids is 2. The first-order chi connectivity index (χ1) is 14.1. The molecule has 0 atom stereocenters. The van der Waals surface area contributed by atoms with Crippen LogP contribution in [0.25, 0.3) is 0 Å². The number of hydrogen-bond acceptors (Lipinski definition) is 4. The van der Waals surface area contributed by atoms with Crippen molar-refractivity contribution in [3.8, 4) is 0 Å². The van der Waals surface area contributed by atoms with Crippen LogP contribution in [0, 0.1) is 0 Å². The summed E-state index contributed by atoms with van der Waals surface area (Å²) in [5.74, 6) is -0.361. The zero-order valence-corrected chi connectivity index (χ0v) is 16.4. The Bertz CT molecular complexity index is 1010. The van der Waals surface area contributed by atoms with E-state index in [0.29, 0.717) is 22.0 Å². The van der Waals surface area contributed by atoms with Crippen molar-refractivity contribution in [3.05, 3.63) is 77.2 Å². The molecule has 2 aromatic carbocycles. The van der Waals surface area contributed by atoms with Crippen LogP contribution in [0.1, 0.15) is 33.8 Å². The van der Waals surface area contributed by atoms with Crippen LogP contribution in [-0.2, 0) is 0 Å². The van der Waals surface area contributed by atoms with Gasteiger partial charge in [-0.2, -0.15) is 0 Å². The average Bonchev–Trinajstić information content (AvgIpc) is 3.43. The SMILES string of the molecule is O=C(Nc1cc(Cl)ccc1N1CCCC1)c1ccc(NC(=O)c2ccco2)cc1. The number of rotatable bonds is 5. The number of halogens is 1. The fourth-order valence-corrected chi connectivity index (χ4v) is 3.51. The molecule has 1 aliphatic heterocycles. The molecule has 4 rings (SSSR count). The Labute approximate surface area is 173 Å². The van der Waals surface area contributed by atoms with Crippen LogP contribution in [0.4, 0.5) is 17.1 Å². The predicted molar refractivity (Wildman–Crippen MR) is 114 cm³/mol. The first-order valence-corrected chi connectivity index (χ1v) is 9.79. The minimum Gasteiger partial charge on any atom is -0.459 e. The lowest BCUT2D eigenvalue weighted by atomic mass is 10.1. The Balaban J connectivity index is 1.46. The molecule has 3 aromatic rings. The minimum absolute atomic E-state index is 0.224. The van der Waals surface area contributed by atoms with E-state index in [2.05, 4.69) is 15.5 Å². The Morgan fingerprint density at radius 1 is 0.931 bits per heavy atom. The van der Waals surface area contributed by atoms with Gasteiger partial charge in [0.25, 0.3) is 11.8 Å². The highest BCUT2D eigenvalue weighted by Gasteiger charge is 2.18. The molecule has 2 heterocycles. The zero-order valence-electron chi connectivity index (χ0n) is 15.7. The van der Waals surface area contributed by atoms with E-state index in [9.17, 15) is 9.59 Å². The third-order valence-corrected chi connectivity index (χ3v) is 5.04. The number of furan rings is 1. The van der Waals surface area contributed by atoms with E-state index in [0.717, 1.165) is 31.6 Å². The normalized spacial score (nSPS) is 13.3. The van der Waals surface area contributed by atoms with E-state index in [1.807, 2.05) is 12.1 Å². The van der Waals surface area contributed by atoms with Crippen LogP contribution < -0.4 is 15.5 Å². The molecule has 0 aliphatic carbocycles. The highest BCUT2D eigenvalue weighted by Crippen LogP contribution is 2.32. The van der Waals surface area contributed by atoms with E-state index < -0.39 is 0 Å². The fraction of sp³-hybridized carbons (Fsp3) is 0.182. The highest BCUT2D eigenvalue weighted by molar-refractivity contribution is 6.31. The van der Waals surface area contributed by atoms with Crippen molar-refractivity contribution in [2.45, 2.75) is 12.8 Å². The zero-order chi connectivity index (χ0) is 20.2. The Kier molecular flexibility index (Phi) is 5.53. The molecular weight excluding hydrogens is 390 g/mol. The number of amides is 2. The van der Waals surface area contributed by atoms with Crippen LogP contribution in [0.3, 0.4) is 0 Å². The van der Waals surface area contributed by atoms with Gasteiger partial charge >= 0.3 is 0 Å². The van der Waals surface area contributed by atoms with Gasteiger partial charge in [-0.05, 0) is 67.4 Å². The van der Waals surface area contributed by atoms with Gasteiger partial charge in [0.15, 0.2) is 5.76 Å². The van der Waals surface area contributed by atoms with Gasteiger partial charge in [0.2, 0.25) is 0 Å². The van der Waals surface area contributed by atoms with Crippen molar-refractivity contribution in [2.75, 3.05) is 28.6 Å². The number of hydrogen-bond donors (Lipinski definition) is 2. The summed E-state index contributed by atoms with van der Waals surface area (Å²) >= 11 is 6.15. The monoisotopic (exact) mass is 409 g/mol. The second kappa shape index (κ2) is 8.41. The Morgan fingerprint density at radius 2 is 1.69 bits per heavy atom. The first kappa shape index (κ1) is 19.1. The standard InChI is InChI=1S/C22H20ClN3O3/c23-16-7-10-19(26-11-1-2-12-26)18(14-16)25-21(27)15-5-8-17(9-6-15)24-22(28)20-4-3-13-29-20/h3-10,13-14H,1-2,11-12H2,(H,24,28)(H,25,27). The topological polar surface area (TPSA) is 74.6 Å². The predicted octanol–water partition coefficient (Wildman–Crippen LogP) is 5.04. The van der Waals surface area contributed by atoms with Gasteiger partial charge in [-0.25, -0.2) is 0 Å². The smallest absolute Gasteiger partial charge is 0.291 e. The van der Waals surface area contributed by atoms with Gasteiger partial charge in [0.05, 0.1) is 17.6 Å². The number of anilines is 3. The molecule has 1 fully saturated rings. The summed E-state index contributed by atoms with van der Waals surface area (Å²) in [6.45, 7) is 1.93. The maximum absolute atomic E-state index is 12.7. The molecule has 0 saturated carbocycles. The summed E-state index contributed by atoms with van der Waals surface area (Å²) in [6, 6.07) is 15.4. The summed E-state index contributed by atoms with van der Waals surface area (Å²) in [5.41, 5.74) is 2.72. The fourth-order valence-electron chi connectivity index (χ4n) is 3.34. The average molecular weight is 410 g/mol. The molecule has 1 aliphatic rings. The summed E-state index contributed by atoms with van der Waals surface area (Å²) < 4.78 is 5.07. The van der Waals surface area contributed by atoms with Crippen molar-refractivity contribution in [1.82, 2.24) is 0 Å². The molecule has 7 heteroatoms. The van der Waals surface area contributed by atoms with E-state index >= 15 is 0 Å². The second-order valence-electron chi connectivity index (χ2n) is 6.82. The molecule has 0 bridgehead atoms. The molecule has 148 valence electrons. The van der Waals surface area contributed by atoms with Crippen LogP contribution in [0.15, 0.2) is 65.3 Å². The van der Waals surface area contributed by atoms with Crippen LogP contribution >= 0.6 is 11.6 Å². The molecule has 0 unspecified atom stereocenters. The summed E-state index contributed by atoms with van der Waals surface area (Å²) in [4.78, 5) is 27.0. The van der Waals surface area contributed by atoms with Gasteiger partial charge in [0.1, 0.15) is 0 Å².